The largest absolute Gasteiger partial charge is 0.416 e. The molecule has 0 saturated heterocycles. The van der Waals surface area contributed by atoms with Gasteiger partial charge in [0.2, 0.25) is 0 Å². The fourth-order valence-electron chi connectivity index (χ4n) is 2.22. The van der Waals surface area contributed by atoms with Crippen molar-refractivity contribution >= 4 is 17.2 Å². The van der Waals surface area contributed by atoms with Crippen LogP contribution in [-0.4, -0.2) is 10.9 Å². The first kappa shape index (κ1) is 16.0. The molecule has 1 aliphatic rings. The molecule has 1 atom stereocenters. The van der Waals surface area contributed by atoms with Crippen LogP contribution in [0.1, 0.15) is 57.5 Å². The molecule has 1 aromatic heterocycles. The Morgan fingerprint density at radius 3 is 2.52 bits per heavy atom. The lowest BCUT2D eigenvalue weighted by atomic mass is 10.1. The maximum Gasteiger partial charge on any atom is 0.416 e. The number of amides is 1. The SMILES string of the molecule is CC(NC(=O)c1cnc(C2CC2)s1)c1ccc(C(F)(F)F)cc1. The van der Waals surface area contributed by atoms with Crippen molar-refractivity contribution in [2.75, 3.05) is 0 Å². The van der Waals surface area contributed by atoms with Crippen molar-refractivity contribution in [2.24, 2.45) is 0 Å². The van der Waals surface area contributed by atoms with E-state index in [0.29, 0.717) is 16.4 Å². The van der Waals surface area contributed by atoms with Crippen molar-refractivity contribution in [3.8, 4) is 0 Å². The molecule has 1 N–H and O–H groups in total. The van der Waals surface area contributed by atoms with Gasteiger partial charge >= 0.3 is 6.18 Å². The predicted molar refractivity (Wildman–Crippen MR) is 81.4 cm³/mol. The van der Waals surface area contributed by atoms with Gasteiger partial charge in [0.05, 0.1) is 22.8 Å². The van der Waals surface area contributed by atoms with Gasteiger partial charge in [0.1, 0.15) is 4.88 Å². The molecule has 122 valence electrons. The quantitative estimate of drug-likeness (QED) is 0.888. The van der Waals surface area contributed by atoms with Gasteiger partial charge in [-0.2, -0.15) is 13.2 Å². The third kappa shape index (κ3) is 3.72. The molecule has 0 bridgehead atoms. The smallest absolute Gasteiger partial charge is 0.345 e. The summed E-state index contributed by atoms with van der Waals surface area (Å²) in [5.74, 6) is 0.246. The summed E-state index contributed by atoms with van der Waals surface area (Å²) in [6.45, 7) is 1.74. The number of halogens is 3. The van der Waals surface area contributed by atoms with E-state index in [1.165, 1.54) is 23.5 Å². The topological polar surface area (TPSA) is 42.0 Å². The molecule has 7 heteroatoms. The first-order chi connectivity index (χ1) is 10.8. The Balaban J connectivity index is 1.65. The van der Waals surface area contributed by atoms with Crippen molar-refractivity contribution in [3.63, 3.8) is 0 Å². The second-order valence-corrected chi connectivity index (χ2v) is 6.71. The van der Waals surface area contributed by atoms with E-state index in [1.807, 2.05) is 0 Å². The van der Waals surface area contributed by atoms with Crippen LogP contribution >= 0.6 is 11.3 Å². The molecule has 1 saturated carbocycles. The zero-order chi connectivity index (χ0) is 16.6. The predicted octanol–water partition coefficient (Wildman–Crippen LogP) is 4.53. The van der Waals surface area contributed by atoms with Crippen LogP contribution in [0.15, 0.2) is 30.5 Å². The molecule has 3 rings (SSSR count). The summed E-state index contributed by atoms with van der Waals surface area (Å²) in [5.41, 5.74) is -0.0745. The van der Waals surface area contributed by atoms with Gasteiger partial charge < -0.3 is 5.32 Å². The third-order valence-electron chi connectivity index (χ3n) is 3.76. The van der Waals surface area contributed by atoms with Crippen LogP contribution < -0.4 is 5.32 Å². The second-order valence-electron chi connectivity index (χ2n) is 5.65. The number of alkyl halides is 3. The van der Waals surface area contributed by atoms with Gasteiger partial charge in [0.15, 0.2) is 0 Å². The number of carbonyl (C=O) groups excluding carboxylic acids is 1. The van der Waals surface area contributed by atoms with E-state index in [9.17, 15) is 18.0 Å². The monoisotopic (exact) mass is 340 g/mol. The molecule has 0 spiro atoms. The van der Waals surface area contributed by atoms with Crippen LogP contribution in [-0.2, 0) is 6.18 Å². The molecule has 1 heterocycles. The van der Waals surface area contributed by atoms with Gasteiger partial charge in [-0.15, -0.1) is 11.3 Å². The molecule has 1 unspecified atom stereocenters. The first-order valence-electron chi connectivity index (χ1n) is 7.28. The lowest BCUT2D eigenvalue weighted by Gasteiger charge is -2.14. The number of carbonyl (C=O) groups is 1. The maximum atomic E-state index is 12.5. The highest BCUT2D eigenvalue weighted by atomic mass is 32.1. The third-order valence-corrected chi connectivity index (χ3v) is 4.92. The molecular weight excluding hydrogens is 325 g/mol. The minimum atomic E-state index is -4.35. The van der Waals surface area contributed by atoms with Crippen molar-refractivity contribution in [1.29, 1.82) is 0 Å². The minimum Gasteiger partial charge on any atom is -0.345 e. The summed E-state index contributed by atoms with van der Waals surface area (Å²) in [4.78, 5) is 17.0. The van der Waals surface area contributed by atoms with E-state index in [0.717, 1.165) is 30.0 Å². The second kappa shape index (κ2) is 5.96. The number of benzene rings is 1. The minimum absolute atomic E-state index is 0.248. The zero-order valence-electron chi connectivity index (χ0n) is 12.4. The van der Waals surface area contributed by atoms with Crippen LogP contribution in [0.5, 0.6) is 0 Å². The van der Waals surface area contributed by atoms with Crippen molar-refractivity contribution < 1.29 is 18.0 Å². The van der Waals surface area contributed by atoms with E-state index in [4.69, 9.17) is 0 Å². The number of hydrogen-bond donors (Lipinski definition) is 1. The number of thiazole rings is 1. The van der Waals surface area contributed by atoms with Gasteiger partial charge in [-0.05, 0) is 37.5 Å². The van der Waals surface area contributed by atoms with Gasteiger partial charge in [0, 0.05) is 5.92 Å². The number of nitrogens with one attached hydrogen (secondary N) is 1. The van der Waals surface area contributed by atoms with Gasteiger partial charge in [-0.3, -0.25) is 4.79 Å². The fourth-order valence-corrected chi connectivity index (χ4v) is 3.21. The molecule has 1 aliphatic carbocycles. The summed E-state index contributed by atoms with van der Waals surface area (Å²) >= 11 is 1.38. The van der Waals surface area contributed by atoms with E-state index < -0.39 is 11.7 Å². The highest BCUT2D eigenvalue weighted by Crippen LogP contribution is 2.41. The Morgan fingerprint density at radius 1 is 1.30 bits per heavy atom. The molecule has 3 nitrogen and oxygen atoms in total. The molecular formula is C16H15F3N2OS. The van der Waals surface area contributed by atoms with Crippen molar-refractivity contribution in [1.82, 2.24) is 10.3 Å². The first-order valence-corrected chi connectivity index (χ1v) is 8.10. The van der Waals surface area contributed by atoms with Crippen molar-refractivity contribution in [2.45, 2.75) is 37.9 Å². The molecule has 1 aromatic carbocycles. The number of hydrogen-bond acceptors (Lipinski definition) is 3. The number of nitrogens with zero attached hydrogens (tertiary/aromatic N) is 1. The summed E-state index contributed by atoms with van der Waals surface area (Å²) in [7, 11) is 0. The van der Waals surface area contributed by atoms with Gasteiger partial charge in [0.25, 0.3) is 5.91 Å². The summed E-state index contributed by atoms with van der Waals surface area (Å²) < 4.78 is 37.6. The Bertz CT molecular complexity index is 705. The average molecular weight is 340 g/mol. The summed E-state index contributed by atoms with van der Waals surface area (Å²) in [6, 6.07) is 4.44. The van der Waals surface area contributed by atoms with E-state index in [-0.39, 0.29) is 11.9 Å². The Kier molecular flexibility index (Phi) is 4.14. The molecule has 2 aromatic rings. The summed E-state index contributed by atoms with van der Waals surface area (Å²) in [6.07, 6.45) is -0.549. The Hall–Kier alpha value is -1.89. The summed E-state index contributed by atoms with van der Waals surface area (Å²) in [5, 5.41) is 3.78. The lowest BCUT2D eigenvalue weighted by Crippen LogP contribution is -2.25. The molecule has 0 radical (unpaired) electrons. The fraction of sp³-hybridized carbons (Fsp3) is 0.375. The van der Waals surface area contributed by atoms with Crippen LogP contribution in [0, 0.1) is 0 Å². The lowest BCUT2D eigenvalue weighted by molar-refractivity contribution is -0.137. The van der Waals surface area contributed by atoms with E-state index in [1.54, 1.807) is 13.1 Å². The highest BCUT2D eigenvalue weighted by Gasteiger charge is 2.30. The van der Waals surface area contributed by atoms with Crippen LogP contribution in [0.2, 0.25) is 0 Å². The van der Waals surface area contributed by atoms with Gasteiger partial charge in [-0.1, -0.05) is 12.1 Å². The van der Waals surface area contributed by atoms with Crippen LogP contribution in [0.25, 0.3) is 0 Å². The molecule has 0 aliphatic heterocycles. The van der Waals surface area contributed by atoms with Gasteiger partial charge in [-0.25, -0.2) is 4.98 Å². The van der Waals surface area contributed by atoms with Crippen LogP contribution in [0.4, 0.5) is 13.2 Å². The molecule has 1 amide bonds. The normalized spacial score (nSPS) is 16.2. The highest BCUT2D eigenvalue weighted by molar-refractivity contribution is 7.13. The van der Waals surface area contributed by atoms with Crippen molar-refractivity contribution in [3.05, 3.63) is 51.5 Å². The molecule has 1 fully saturated rings. The Labute approximate surface area is 135 Å². The number of aromatic nitrogens is 1. The number of rotatable bonds is 4. The zero-order valence-corrected chi connectivity index (χ0v) is 13.2. The van der Waals surface area contributed by atoms with E-state index in [2.05, 4.69) is 10.3 Å². The average Bonchev–Trinajstić information content (AvgIpc) is 3.23. The van der Waals surface area contributed by atoms with E-state index >= 15 is 0 Å². The maximum absolute atomic E-state index is 12.5. The standard InChI is InChI=1S/C16H15F3N2OS/c1-9(10-4-6-12(7-5-10)16(17,18)19)21-14(22)13-8-20-15(23-13)11-2-3-11/h4-9,11H,2-3H2,1H3,(H,21,22). The Morgan fingerprint density at radius 2 is 1.96 bits per heavy atom. The molecule has 23 heavy (non-hydrogen) atoms. The van der Waals surface area contributed by atoms with Crippen LogP contribution in [0.3, 0.4) is 0 Å².